The fourth-order valence-electron chi connectivity index (χ4n) is 2.43. The predicted octanol–water partition coefficient (Wildman–Crippen LogP) is 2.25. The summed E-state index contributed by atoms with van der Waals surface area (Å²) in [5, 5.41) is 13.5. The zero-order valence-electron chi connectivity index (χ0n) is 13.5. The Hall–Kier alpha value is -2.07. The number of nitrogens with one attached hydrogen (secondary N) is 1. The summed E-state index contributed by atoms with van der Waals surface area (Å²) in [6.07, 6.45) is 1.99. The standard InChI is InChI=1S/C15H17F2N5O2S/c1-9(14(23)18-13-11(16)5-2-6-12(13)17)25-15-19-20-21-22(15)8-10-4-3-7-24-10/h2,5-6,9-10H,3-4,7-8H2,1H3,(H,18,23). The Kier molecular flexibility index (Phi) is 5.59. The van der Waals surface area contributed by atoms with Gasteiger partial charge in [-0.25, -0.2) is 13.5 Å². The van der Waals surface area contributed by atoms with Gasteiger partial charge in [0.1, 0.15) is 17.3 Å². The number of hydrogen-bond acceptors (Lipinski definition) is 6. The molecule has 0 bridgehead atoms. The van der Waals surface area contributed by atoms with E-state index in [2.05, 4.69) is 20.8 Å². The van der Waals surface area contributed by atoms with Gasteiger partial charge in [-0.15, -0.1) is 5.10 Å². The van der Waals surface area contributed by atoms with Crippen molar-refractivity contribution in [1.29, 1.82) is 0 Å². The van der Waals surface area contributed by atoms with Crippen LogP contribution in [-0.4, -0.2) is 44.1 Å². The van der Waals surface area contributed by atoms with E-state index < -0.39 is 28.5 Å². The molecule has 1 fully saturated rings. The van der Waals surface area contributed by atoms with E-state index in [1.54, 1.807) is 11.6 Å². The van der Waals surface area contributed by atoms with Gasteiger partial charge in [-0.1, -0.05) is 17.8 Å². The van der Waals surface area contributed by atoms with Crippen LogP contribution >= 0.6 is 11.8 Å². The zero-order valence-corrected chi connectivity index (χ0v) is 14.3. The lowest BCUT2D eigenvalue weighted by Crippen LogP contribution is -2.24. The van der Waals surface area contributed by atoms with Crippen LogP contribution in [0.15, 0.2) is 23.4 Å². The van der Waals surface area contributed by atoms with Crippen LogP contribution in [0.5, 0.6) is 0 Å². The van der Waals surface area contributed by atoms with Crippen molar-refractivity contribution in [2.45, 2.75) is 42.8 Å². The van der Waals surface area contributed by atoms with E-state index in [-0.39, 0.29) is 6.10 Å². The molecule has 10 heteroatoms. The van der Waals surface area contributed by atoms with Crippen molar-refractivity contribution in [3.05, 3.63) is 29.8 Å². The van der Waals surface area contributed by atoms with Crippen LogP contribution < -0.4 is 5.32 Å². The lowest BCUT2D eigenvalue weighted by atomic mass is 10.2. The highest BCUT2D eigenvalue weighted by Crippen LogP contribution is 2.24. The second-order valence-electron chi connectivity index (χ2n) is 5.62. The van der Waals surface area contributed by atoms with Gasteiger partial charge < -0.3 is 10.1 Å². The molecule has 1 saturated heterocycles. The van der Waals surface area contributed by atoms with Crippen LogP contribution in [0, 0.1) is 11.6 Å². The van der Waals surface area contributed by atoms with Crippen molar-refractivity contribution in [2.75, 3.05) is 11.9 Å². The lowest BCUT2D eigenvalue weighted by Gasteiger charge is -2.14. The molecule has 2 atom stereocenters. The first-order chi connectivity index (χ1) is 12.0. The van der Waals surface area contributed by atoms with Gasteiger partial charge in [0, 0.05) is 6.61 Å². The van der Waals surface area contributed by atoms with Crippen molar-refractivity contribution in [3.63, 3.8) is 0 Å². The maximum Gasteiger partial charge on any atom is 0.237 e. The number of amides is 1. The third-order valence-corrected chi connectivity index (χ3v) is 4.83. The number of rotatable bonds is 6. The summed E-state index contributed by atoms with van der Waals surface area (Å²) in [6, 6.07) is 3.40. The first kappa shape index (κ1) is 17.7. The second-order valence-corrected chi connectivity index (χ2v) is 6.93. The highest BCUT2D eigenvalue weighted by molar-refractivity contribution is 8.00. The fraction of sp³-hybridized carbons (Fsp3) is 0.467. The number of anilines is 1. The maximum absolute atomic E-state index is 13.6. The molecule has 2 aromatic rings. The van der Waals surface area contributed by atoms with Crippen molar-refractivity contribution in [2.24, 2.45) is 0 Å². The number of carbonyl (C=O) groups excluding carboxylic acids is 1. The van der Waals surface area contributed by atoms with Gasteiger partial charge in [-0.3, -0.25) is 4.79 Å². The third kappa shape index (κ3) is 4.31. The molecule has 3 rings (SSSR count). The summed E-state index contributed by atoms with van der Waals surface area (Å²) in [5.41, 5.74) is -0.459. The zero-order chi connectivity index (χ0) is 17.8. The molecule has 2 unspecified atom stereocenters. The average molecular weight is 369 g/mol. The normalized spacial score (nSPS) is 18.3. The quantitative estimate of drug-likeness (QED) is 0.787. The smallest absolute Gasteiger partial charge is 0.237 e. The SMILES string of the molecule is CC(Sc1nnnn1CC1CCCO1)C(=O)Nc1c(F)cccc1F. The van der Waals surface area contributed by atoms with Gasteiger partial charge in [0.15, 0.2) is 0 Å². The number of benzene rings is 1. The number of ether oxygens (including phenoxy) is 1. The number of nitrogens with zero attached hydrogens (tertiary/aromatic N) is 4. The summed E-state index contributed by atoms with van der Waals surface area (Å²) in [6.45, 7) is 2.84. The number of halogens is 2. The highest BCUT2D eigenvalue weighted by Gasteiger charge is 2.23. The number of carbonyl (C=O) groups is 1. The van der Waals surface area contributed by atoms with E-state index in [0.29, 0.717) is 11.7 Å². The topological polar surface area (TPSA) is 81.9 Å². The minimum absolute atomic E-state index is 0.0551. The Labute approximate surface area is 147 Å². The van der Waals surface area contributed by atoms with Gasteiger partial charge in [0.2, 0.25) is 11.1 Å². The van der Waals surface area contributed by atoms with Crippen LogP contribution in [0.4, 0.5) is 14.5 Å². The molecular formula is C15H17F2N5O2S. The van der Waals surface area contributed by atoms with E-state index >= 15 is 0 Å². The molecule has 0 radical (unpaired) electrons. The van der Waals surface area contributed by atoms with Crippen molar-refractivity contribution in [1.82, 2.24) is 20.2 Å². The highest BCUT2D eigenvalue weighted by atomic mass is 32.2. The number of hydrogen-bond donors (Lipinski definition) is 1. The molecule has 134 valence electrons. The molecule has 1 aliphatic rings. The molecule has 1 aromatic heterocycles. The Bertz CT molecular complexity index is 731. The van der Waals surface area contributed by atoms with Gasteiger partial charge >= 0.3 is 0 Å². The molecule has 1 N–H and O–H groups in total. The molecule has 1 aromatic carbocycles. The van der Waals surface area contributed by atoms with Gasteiger partial charge in [-0.2, -0.15) is 0 Å². The maximum atomic E-state index is 13.6. The molecule has 2 heterocycles. The Morgan fingerprint density at radius 2 is 2.24 bits per heavy atom. The van der Waals surface area contributed by atoms with E-state index in [9.17, 15) is 13.6 Å². The summed E-state index contributed by atoms with van der Waals surface area (Å²) >= 11 is 1.11. The molecule has 25 heavy (non-hydrogen) atoms. The van der Waals surface area contributed by atoms with E-state index in [1.807, 2.05) is 0 Å². The monoisotopic (exact) mass is 369 g/mol. The Balaban J connectivity index is 1.63. The molecule has 1 aliphatic heterocycles. The molecule has 7 nitrogen and oxygen atoms in total. The van der Waals surface area contributed by atoms with E-state index in [0.717, 1.165) is 43.3 Å². The predicted molar refractivity (Wildman–Crippen MR) is 87.1 cm³/mol. The van der Waals surface area contributed by atoms with Crippen LogP contribution in [-0.2, 0) is 16.1 Å². The van der Waals surface area contributed by atoms with Crippen molar-refractivity contribution < 1.29 is 18.3 Å². The van der Waals surface area contributed by atoms with Gasteiger partial charge in [-0.05, 0) is 42.3 Å². The van der Waals surface area contributed by atoms with Crippen molar-refractivity contribution in [3.8, 4) is 0 Å². The van der Waals surface area contributed by atoms with Crippen LogP contribution in [0.2, 0.25) is 0 Å². The molecule has 1 amide bonds. The first-order valence-corrected chi connectivity index (χ1v) is 8.72. The van der Waals surface area contributed by atoms with Gasteiger partial charge in [0.25, 0.3) is 0 Å². The first-order valence-electron chi connectivity index (χ1n) is 7.84. The summed E-state index contributed by atoms with van der Waals surface area (Å²) in [5.74, 6) is -2.19. The lowest BCUT2D eigenvalue weighted by molar-refractivity contribution is -0.115. The van der Waals surface area contributed by atoms with Crippen molar-refractivity contribution >= 4 is 23.4 Å². The minimum Gasteiger partial charge on any atom is -0.376 e. The van der Waals surface area contributed by atoms with E-state index in [1.165, 1.54) is 6.07 Å². The van der Waals surface area contributed by atoms with Crippen LogP contribution in [0.3, 0.4) is 0 Å². The molecule has 0 aliphatic carbocycles. The summed E-state index contributed by atoms with van der Waals surface area (Å²) in [4.78, 5) is 12.2. The summed E-state index contributed by atoms with van der Waals surface area (Å²) in [7, 11) is 0. The fourth-order valence-corrected chi connectivity index (χ4v) is 3.23. The Morgan fingerprint density at radius 3 is 2.92 bits per heavy atom. The second kappa shape index (κ2) is 7.87. The Morgan fingerprint density at radius 1 is 1.48 bits per heavy atom. The molecule has 0 saturated carbocycles. The molecular weight excluding hydrogens is 352 g/mol. The number of aromatic nitrogens is 4. The van der Waals surface area contributed by atoms with Crippen LogP contribution in [0.1, 0.15) is 19.8 Å². The van der Waals surface area contributed by atoms with Gasteiger partial charge in [0.05, 0.1) is 17.9 Å². The molecule has 0 spiro atoms. The average Bonchev–Trinajstić information content (AvgIpc) is 3.24. The summed E-state index contributed by atoms with van der Waals surface area (Å²) < 4.78 is 34.4. The number of thioether (sulfide) groups is 1. The third-order valence-electron chi connectivity index (χ3n) is 3.76. The number of para-hydroxylation sites is 1. The number of tetrazole rings is 1. The largest absolute Gasteiger partial charge is 0.376 e. The minimum atomic E-state index is -0.825. The van der Waals surface area contributed by atoms with Crippen LogP contribution in [0.25, 0.3) is 0 Å². The van der Waals surface area contributed by atoms with E-state index in [4.69, 9.17) is 4.74 Å².